The molecule has 108 valence electrons. The molecule has 0 aromatic heterocycles. The monoisotopic (exact) mass is 253 g/mol. The van der Waals surface area contributed by atoms with E-state index in [1.807, 2.05) is 0 Å². The molecule has 0 spiro atoms. The molecule has 1 nitrogen and oxygen atoms in total. The Kier molecular flexibility index (Phi) is 14.5. The fraction of sp³-hybridized carbons (Fsp3) is 0.882. The predicted molar refractivity (Wildman–Crippen MR) is 79.7 cm³/mol. The molecule has 18 heavy (non-hydrogen) atoms. The van der Waals surface area contributed by atoms with Gasteiger partial charge in [-0.25, -0.2) is 0 Å². The molecule has 0 amide bonds. The molecule has 0 aromatic carbocycles. The minimum atomic E-state index is 0.0979. The number of rotatable bonds is 13. The van der Waals surface area contributed by atoms with Gasteiger partial charge in [0.25, 0.3) is 0 Å². The number of hydrogen-bond acceptors (Lipinski definition) is 1. The van der Waals surface area contributed by atoms with E-state index in [9.17, 15) is 5.11 Å². The lowest BCUT2D eigenvalue weighted by Gasteiger charge is -2.04. The maximum absolute atomic E-state index is 10.3. The molecule has 0 fully saturated rings. The van der Waals surface area contributed by atoms with Crippen molar-refractivity contribution in [1.29, 1.82) is 0 Å². The van der Waals surface area contributed by atoms with Gasteiger partial charge in [-0.05, 0) is 32.6 Å². The van der Waals surface area contributed by atoms with E-state index in [0.29, 0.717) is 0 Å². The second-order valence-electron chi connectivity index (χ2n) is 5.48. The van der Waals surface area contributed by atoms with Crippen LogP contribution >= 0.6 is 0 Å². The molecular formula is C17H33O-. The average molecular weight is 253 g/mol. The molecular weight excluding hydrogens is 220 g/mol. The van der Waals surface area contributed by atoms with E-state index in [4.69, 9.17) is 0 Å². The zero-order chi connectivity index (χ0) is 13.5. The summed E-state index contributed by atoms with van der Waals surface area (Å²) in [5.41, 5.74) is 1.55. The number of hydrogen-bond donors (Lipinski definition) is 0. The molecule has 0 saturated heterocycles. The Morgan fingerprint density at radius 3 is 2.11 bits per heavy atom. The van der Waals surface area contributed by atoms with Gasteiger partial charge in [0, 0.05) is 0 Å². The molecule has 0 aliphatic carbocycles. The molecule has 0 bridgehead atoms. The smallest absolute Gasteiger partial charge is 0.0323 e. The highest BCUT2D eigenvalue weighted by atomic mass is 16.2. The first-order valence-electron chi connectivity index (χ1n) is 8.05. The van der Waals surface area contributed by atoms with Gasteiger partial charge in [0.05, 0.1) is 0 Å². The Morgan fingerprint density at radius 1 is 0.833 bits per heavy atom. The third-order valence-corrected chi connectivity index (χ3v) is 3.52. The van der Waals surface area contributed by atoms with Crippen molar-refractivity contribution in [2.45, 2.75) is 90.9 Å². The van der Waals surface area contributed by atoms with Gasteiger partial charge in [0.2, 0.25) is 0 Å². The van der Waals surface area contributed by atoms with Crippen molar-refractivity contribution in [2.24, 2.45) is 0 Å². The van der Waals surface area contributed by atoms with Crippen LogP contribution in [-0.4, -0.2) is 6.61 Å². The third-order valence-electron chi connectivity index (χ3n) is 3.52. The van der Waals surface area contributed by atoms with E-state index in [1.54, 1.807) is 5.57 Å². The summed E-state index contributed by atoms with van der Waals surface area (Å²) < 4.78 is 0. The Hall–Kier alpha value is -0.300. The molecule has 0 heterocycles. The lowest BCUT2D eigenvalue weighted by molar-refractivity contribution is -0.368. The second-order valence-corrected chi connectivity index (χ2v) is 5.48. The SMILES string of the molecule is CCCCCCCCC/C(C)=C/CCCCC[O-]. The van der Waals surface area contributed by atoms with Crippen LogP contribution in [0.4, 0.5) is 0 Å². The van der Waals surface area contributed by atoms with Crippen molar-refractivity contribution in [2.75, 3.05) is 6.61 Å². The van der Waals surface area contributed by atoms with E-state index >= 15 is 0 Å². The van der Waals surface area contributed by atoms with Crippen molar-refractivity contribution < 1.29 is 5.11 Å². The largest absolute Gasteiger partial charge is 0.854 e. The van der Waals surface area contributed by atoms with Gasteiger partial charge in [-0.1, -0.05) is 69.9 Å². The van der Waals surface area contributed by atoms with Gasteiger partial charge in [-0.2, -0.15) is 0 Å². The van der Waals surface area contributed by atoms with Gasteiger partial charge < -0.3 is 5.11 Å². The summed E-state index contributed by atoms with van der Waals surface area (Å²) >= 11 is 0. The maximum Gasteiger partial charge on any atom is -0.0323 e. The van der Waals surface area contributed by atoms with Gasteiger partial charge in [0.1, 0.15) is 0 Å². The summed E-state index contributed by atoms with van der Waals surface area (Å²) in [5.74, 6) is 0. The highest BCUT2D eigenvalue weighted by molar-refractivity contribution is 4.97. The molecule has 0 aliphatic heterocycles. The molecule has 0 rings (SSSR count). The van der Waals surface area contributed by atoms with Crippen molar-refractivity contribution in [3.8, 4) is 0 Å². The van der Waals surface area contributed by atoms with Crippen LogP contribution in [0, 0.1) is 0 Å². The molecule has 0 unspecified atom stereocenters. The first kappa shape index (κ1) is 17.7. The Morgan fingerprint density at radius 2 is 1.44 bits per heavy atom. The lowest BCUT2D eigenvalue weighted by Crippen LogP contribution is -2.04. The van der Waals surface area contributed by atoms with Crippen molar-refractivity contribution in [3.05, 3.63) is 11.6 Å². The molecule has 0 aromatic rings. The number of allylic oxidation sites excluding steroid dienone is 2. The maximum atomic E-state index is 10.3. The topological polar surface area (TPSA) is 23.1 Å². The van der Waals surface area contributed by atoms with Crippen molar-refractivity contribution >= 4 is 0 Å². The van der Waals surface area contributed by atoms with Crippen LogP contribution in [0.2, 0.25) is 0 Å². The van der Waals surface area contributed by atoms with Gasteiger partial charge >= 0.3 is 0 Å². The summed E-state index contributed by atoms with van der Waals surface area (Å²) in [6.07, 6.45) is 17.7. The minimum Gasteiger partial charge on any atom is -0.854 e. The van der Waals surface area contributed by atoms with Crippen molar-refractivity contribution in [1.82, 2.24) is 0 Å². The molecule has 0 aliphatic rings. The van der Waals surface area contributed by atoms with Crippen LogP contribution in [0.5, 0.6) is 0 Å². The predicted octanol–water partition coefficient (Wildman–Crippen LogP) is 4.99. The summed E-state index contributed by atoms with van der Waals surface area (Å²) in [6.45, 7) is 4.62. The van der Waals surface area contributed by atoms with E-state index in [1.165, 1.54) is 64.2 Å². The van der Waals surface area contributed by atoms with Crippen LogP contribution in [0.1, 0.15) is 90.9 Å². The summed E-state index contributed by atoms with van der Waals surface area (Å²) in [7, 11) is 0. The fourth-order valence-electron chi connectivity index (χ4n) is 2.23. The quantitative estimate of drug-likeness (QED) is 0.335. The van der Waals surface area contributed by atoms with Gasteiger partial charge in [-0.3, -0.25) is 0 Å². The Labute approximate surface area is 115 Å². The highest BCUT2D eigenvalue weighted by Crippen LogP contribution is 2.13. The summed E-state index contributed by atoms with van der Waals surface area (Å²) in [5, 5.41) is 10.3. The van der Waals surface area contributed by atoms with Crippen LogP contribution in [0.3, 0.4) is 0 Å². The number of unbranched alkanes of at least 4 members (excludes halogenated alkanes) is 9. The first-order chi connectivity index (χ1) is 8.81. The molecule has 0 N–H and O–H groups in total. The van der Waals surface area contributed by atoms with Crippen LogP contribution in [0.25, 0.3) is 0 Å². The summed E-state index contributed by atoms with van der Waals surface area (Å²) in [4.78, 5) is 0. The van der Waals surface area contributed by atoms with E-state index in [0.717, 1.165) is 12.8 Å². The molecule has 0 atom stereocenters. The average Bonchev–Trinajstić information content (AvgIpc) is 2.37. The second kappa shape index (κ2) is 14.8. The highest BCUT2D eigenvalue weighted by Gasteiger charge is 1.93. The van der Waals surface area contributed by atoms with E-state index in [2.05, 4.69) is 19.9 Å². The normalized spacial score (nSPS) is 12.1. The van der Waals surface area contributed by atoms with Crippen LogP contribution in [-0.2, 0) is 0 Å². The van der Waals surface area contributed by atoms with E-state index in [-0.39, 0.29) is 6.61 Å². The minimum absolute atomic E-state index is 0.0979. The fourth-order valence-corrected chi connectivity index (χ4v) is 2.23. The summed E-state index contributed by atoms with van der Waals surface area (Å²) in [6, 6.07) is 0. The zero-order valence-corrected chi connectivity index (χ0v) is 12.7. The van der Waals surface area contributed by atoms with Gasteiger partial charge in [-0.15, -0.1) is 6.61 Å². The Bertz CT molecular complexity index is 184. The van der Waals surface area contributed by atoms with Crippen LogP contribution in [0.15, 0.2) is 11.6 Å². The molecule has 1 heteroatoms. The Balaban J connectivity index is 3.24. The van der Waals surface area contributed by atoms with Crippen molar-refractivity contribution in [3.63, 3.8) is 0 Å². The molecule has 0 radical (unpaired) electrons. The lowest BCUT2D eigenvalue weighted by atomic mass is 10.0. The molecule has 0 saturated carbocycles. The van der Waals surface area contributed by atoms with Crippen LogP contribution < -0.4 is 5.11 Å². The standard InChI is InChI=1S/C17H33O/c1-3-4-5-6-7-8-11-14-17(2)15-12-9-10-13-16-18/h15H,3-14,16H2,1-2H3/q-1/b17-15+. The first-order valence-corrected chi connectivity index (χ1v) is 8.05. The zero-order valence-electron chi connectivity index (χ0n) is 12.7. The van der Waals surface area contributed by atoms with E-state index < -0.39 is 0 Å². The third kappa shape index (κ3) is 13.8. The van der Waals surface area contributed by atoms with Gasteiger partial charge in [0.15, 0.2) is 0 Å².